The molecule has 1 aliphatic heterocycles. The molecule has 2 amide bonds. The van der Waals surface area contributed by atoms with E-state index in [1.165, 1.54) is 11.3 Å². The van der Waals surface area contributed by atoms with Crippen molar-refractivity contribution in [2.75, 3.05) is 38.0 Å². The van der Waals surface area contributed by atoms with Crippen molar-refractivity contribution < 1.29 is 9.59 Å². The molecule has 1 aromatic heterocycles. The second-order valence-corrected chi connectivity index (χ2v) is 6.64. The number of nitrogens with one attached hydrogen (secondary N) is 1. The lowest BCUT2D eigenvalue weighted by Gasteiger charge is -2.36. The monoisotopic (exact) mass is 340 g/mol. The minimum Gasteiger partial charge on any atom is -0.339 e. The normalized spacial score (nSPS) is 18.5. The molecule has 9 heteroatoms. The second kappa shape index (κ2) is 8.32. The van der Waals surface area contributed by atoms with Gasteiger partial charge in [0.05, 0.1) is 12.6 Å². The summed E-state index contributed by atoms with van der Waals surface area (Å²) in [5.74, 6) is 0.0772. The maximum atomic E-state index is 12.3. The minimum atomic E-state index is -0.438. The van der Waals surface area contributed by atoms with Gasteiger partial charge in [0, 0.05) is 26.2 Å². The standard InChI is InChI=1S/C14H24N6O2S/c1-3-10(2)12(15)13(22)20-6-4-19(5-7-20)8-11(21)17-14-18-16-9-23-14/h9-10,12H,3-8,15H2,1-2H3,(H,17,18,21). The Morgan fingerprint density at radius 1 is 1.39 bits per heavy atom. The number of hydrogen-bond acceptors (Lipinski definition) is 7. The van der Waals surface area contributed by atoms with Gasteiger partial charge in [-0.25, -0.2) is 0 Å². The van der Waals surface area contributed by atoms with Gasteiger partial charge in [0.2, 0.25) is 16.9 Å². The second-order valence-electron chi connectivity index (χ2n) is 5.80. The van der Waals surface area contributed by atoms with Crippen molar-refractivity contribution in [3.8, 4) is 0 Å². The van der Waals surface area contributed by atoms with E-state index in [4.69, 9.17) is 5.73 Å². The number of anilines is 1. The molecule has 2 heterocycles. The number of piperazine rings is 1. The molecule has 23 heavy (non-hydrogen) atoms. The minimum absolute atomic E-state index is 0.0114. The maximum absolute atomic E-state index is 12.3. The molecule has 2 atom stereocenters. The lowest BCUT2D eigenvalue weighted by Crippen LogP contribution is -2.55. The van der Waals surface area contributed by atoms with Crippen LogP contribution >= 0.6 is 11.3 Å². The van der Waals surface area contributed by atoms with Crippen LogP contribution in [0.5, 0.6) is 0 Å². The van der Waals surface area contributed by atoms with Gasteiger partial charge in [-0.3, -0.25) is 19.8 Å². The average Bonchev–Trinajstić information content (AvgIpc) is 3.06. The van der Waals surface area contributed by atoms with Crippen molar-refractivity contribution in [2.45, 2.75) is 26.3 Å². The molecular weight excluding hydrogens is 316 g/mol. The van der Waals surface area contributed by atoms with Gasteiger partial charge in [-0.05, 0) is 5.92 Å². The van der Waals surface area contributed by atoms with Crippen LogP contribution in [0.4, 0.5) is 5.13 Å². The fourth-order valence-electron chi connectivity index (χ4n) is 2.42. The summed E-state index contributed by atoms with van der Waals surface area (Å²) in [6.07, 6.45) is 0.888. The maximum Gasteiger partial charge on any atom is 0.240 e. The fourth-order valence-corrected chi connectivity index (χ4v) is 2.89. The molecule has 0 saturated carbocycles. The smallest absolute Gasteiger partial charge is 0.240 e. The van der Waals surface area contributed by atoms with E-state index in [9.17, 15) is 9.59 Å². The first kappa shape index (κ1) is 17.8. The van der Waals surface area contributed by atoms with Crippen LogP contribution in [0.2, 0.25) is 0 Å². The van der Waals surface area contributed by atoms with Crippen LogP contribution in [0.25, 0.3) is 0 Å². The van der Waals surface area contributed by atoms with E-state index in [-0.39, 0.29) is 17.7 Å². The first-order valence-electron chi connectivity index (χ1n) is 7.84. The Hall–Kier alpha value is -1.58. The number of aromatic nitrogens is 2. The van der Waals surface area contributed by atoms with Gasteiger partial charge in [0.25, 0.3) is 0 Å². The summed E-state index contributed by atoms with van der Waals surface area (Å²) >= 11 is 1.29. The lowest BCUT2D eigenvalue weighted by molar-refractivity contribution is -0.135. The fraction of sp³-hybridized carbons (Fsp3) is 0.714. The highest BCUT2D eigenvalue weighted by Crippen LogP contribution is 2.11. The predicted octanol–water partition coefficient (Wildman–Crippen LogP) is -0.00580. The van der Waals surface area contributed by atoms with E-state index in [0.29, 0.717) is 37.9 Å². The zero-order valence-electron chi connectivity index (χ0n) is 13.6. The molecule has 0 aliphatic carbocycles. The summed E-state index contributed by atoms with van der Waals surface area (Å²) < 4.78 is 0. The van der Waals surface area contributed by atoms with Gasteiger partial charge >= 0.3 is 0 Å². The Morgan fingerprint density at radius 3 is 2.65 bits per heavy atom. The SMILES string of the molecule is CCC(C)C(N)C(=O)N1CCN(CC(=O)Nc2nncs2)CC1. The summed E-state index contributed by atoms with van der Waals surface area (Å²) in [5, 5.41) is 10.7. The Labute approximate surface area is 140 Å². The Bertz CT molecular complexity index is 515. The van der Waals surface area contributed by atoms with Crippen molar-refractivity contribution in [1.82, 2.24) is 20.0 Å². The summed E-state index contributed by atoms with van der Waals surface area (Å²) in [5.41, 5.74) is 7.58. The molecule has 1 fully saturated rings. The van der Waals surface area contributed by atoms with Gasteiger partial charge in [-0.2, -0.15) is 0 Å². The Kier molecular flexibility index (Phi) is 6.43. The lowest BCUT2D eigenvalue weighted by atomic mass is 9.98. The van der Waals surface area contributed by atoms with Gasteiger partial charge in [-0.1, -0.05) is 31.6 Å². The predicted molar refractivity (Wildman–Crippen MR) is 89.0 cm³/mol. The topological polar surface area (TPSA) is 104 Å². The van der Waals surface area contributed by atoms with Crippen molar-refractivity contribution in [3.63, 3.8) is 0 Å². The first-order valence-corrected chi connectivity index (χ1v) is 8.72. The molecule has 1 saturated heterocycles. The summed E-state index contributed by atoms with van der Waals surface area (Å²) in [7, 11) is 0. The van der Waals surface area contributed by atoms with Crippen molar-refractivity contribution >= 4 is 28.3 Å². The number of carbonyl (C=O) groups is 2. The van der Waals surface area contributed by atoms with E-state index in [1.54, 1.807) is 10.4 Å². The Morgan fingerprint density at radius 2 is 2.09 bits per heavy atom. The number of rotatable bonds is 6. The van der Waals surface area contributed by atoms with Gasteiger partial charge in [0.15, 0.2) is 0 Å². The van der Waals surface area contributed by atoms with Crippen molar-refractivity contribution in [1.29, 1.82) is 0 Å². The van der Waals surface area contributed by atoms with Crippen LogP contribution in [0.1, 0.15) is 20.3 Å². The third kappa shape index (κ3) is 4.95. The van der Waals surface area contributed by atoms with E-state index < -0.39 is 6.04 Å². The number of amides is 2. The zero-order chi connectivity index (χ0) is 16.8. The largest absolute Gasteiger partial charge is 0.339 e. The van der Waals surface area contributed by atoms with Gasteiger partial charge in [0.1, 0.15) is 5.51 Å². The molecule has 2 rings (SSSR count). The quantitative estimate of drug-likeness (QED) is 0.755. The third-order valence-electron chi connectivity index (χ3n) is 4.20. The molecule has 8 nitrogen and oxygen atoms in total. The first-order chi connectivity index (χ1) is 11.0. The van der Waals surface area contributed by atoms with Crippen LogP contribution in [-0.2, 0) is 9.59 Å². The number of nitrogens with zero attached hydrogens (tertiary/aromatic N) is 4. The highest BCUT2D eigenvalue weighted by Gasteiger charge is 2.28. The molecule has 2 unspecified atom stereocenters. The zero-order valence-corrected chi connectivity index (χ0v) is 14.4. The highest BCUT2D eigenvalue weighted by atomic mass is 32.1. The molecule has 0 aromatic carbocycles. The van der Waals surface area contributed by atoms with E-state index in [0.717, 1.165) is 6.42 Å². The van der Waals surface area contributed by atoms with Crippen LogP contribution in [-0.4, -0.2) is 70.6 Å². The molecule has 0 radical (unpaired) electrons. The van der Waals surface area contributed by atoms with Gasteiger partial charge in [-0.15, -0.1) is 10.2 Å². The van der Waals surface area contributed by atoms with Crippen LogP contribution in [0, 0.1) is 5.92 Å². The molecule has 128 valence electrons. The summed E-state index contributed by atoms with van der Waals surface area (Å²) in [6.45, 7) is 6.87. The summed E-state index contributed by atoms with van der Waals surface area (Å²) in [4.78, 5) is 28.1. The van der Waals surface area contributed by atoms with Crippen LogP contribution in [0.3, 0.4) is 0 Å². The molecular formula is C14H24N6O2S. The van der Waals surface area contributed by atoms with Gasteiger partial charge < -0.3 is 10.6 Å². The van der Waals surface area contributed by atoms with Crippen molar-refractivity contribution in [3.05, 3.63) is 5.51 Å². The highest BCUT2D eigenvalue weighted by molar-refractivity contribution is 7.13. The van der Waals surface area contributed by atoms with Crippen LogP contribution < -0.4 is 11.1 Å². The van der Waals surface area contributed by atoms with Crippen LogP contribution in [0.15, 0.2) is 5.51 Å². The Balaban J connectivity index is 1.75. The molecule has 1 aromatic rings. The molecule has 1 aliphatic rings. The third-order valence-corrected chi connectivity index (χ3v) is 4.81. The van der Waals surface area contributed by atoms with Crippen molar-refractivity contribution in [2.24, 2.45) is 11.7 Å². The molecule has 3 N–H and O–H groups in total. The number of carbonyl (C=O) groups excluding carboxylic acids is 2. The van der Waals surface area contributed by atoms with E-state index >= 15 is 0 Å². The average molecular weight is 340 g/mol. The molecule has 0 spiro atoms. The molecule has 0 bridgehead atoms. The van der Waals surface area contributed by atoms with E-state index in [1.807, 2.05) is 18.7 Å². The number of nitrogens with two attached hydrogens (primary N) is 1. The van der Waals surface area contributed by atoms with E-state index in [2.05, 4.69) is 15.5 Å². The number of hydrogen-bond donors (Lipinski definition) is 2. The summed E-state index contributed by atoms with van der Waals surface area (Å²) in [6, 6.07) is -0.438.